The summed E-state index contributed by atoms with van der Waals surface area (Å²) in [7, 11) is 0. The van der Waals surface area contributed by atoms with Crippen LogP contribution in [0, 0.1) is 0 Å². The number of hydrogen-bond acceptors (Lipinski definition) is 6. The second-order valence-electron chi connectivity index (χ2n) is 5.73. The first kappa shape index (κ1) is 14.4. The standard InChI is InChI=1S/C18H10N6O2/c25-17-13-15(23(21-19-13)11-7-3-1-4-8-11)18(26)16-14(17)20-22-24(16)12-9-5-2-6-10-12/h1-10H. The maximum absolute atomic E-state index is 13.2. The zero-order chi connectivity index (χ0) is 17.7. The normalized spacial score (nSPS) is 12.8. The van der Waals surface area contributed by atoms with Crippen LogP contribution in [-0.4, -0.2) is 41.6 Å². The SMILES string of the molecule is O=C1c2nnn(-c3ccccc3)c2C(=O)c2c1nnn2-c1ccccc1. The van der Waals surface area contributed by atoms with Gasteiger partial charge in [0.2, 0.25) is 11.6 Å². The van der Waals surface area contributed by atoms with E-state index in [1.165, 1.54) is 9.36 Å². The summed E-state index contributed by atoms with van der Waals surface area (Å²) in [5.74, 6) is -0.851. The van der Waals surface area contributed by atoms with Gasteiger partial charge in [-0.1, -0.05) is 46.8 Å². The Morgan fingerprint density at radius 1 is 0.577 bits per heavy atom. The molecule has 4 aromatic rings. The molecule has 26 heavy (non-hydrogen) atoms. The number of para-hydroxylation sites is 2. The minimum Gasteiger partial charge on any atom is -0.285 e. The van der Waals surface area contributed by atoms with E-state index >= 15 is 0 Å². The van der Waals surface area contributed by atoms with Gasteiger partial charge in [-0.3, -0.25) is 9.59 Å². The Labute approximate surface area is 146 Å². The summed E-state index contributed by atoms with van der Waals surface area (Å²) in [5.41, 5.74) is 1.51. The molecule has 0 N–H and O–H groups in total. The van der Waals surface area contributed by atoms with Crippen molar-refractivity contribution in [2.45, 2.75) is 0 Å². The van der Waals surface area contributed by atoms with E-state index in [0.717, 1.165) is 0 Å². The molecule has 8 nitrogen and oxygen atoms in total. The summed E-state index contributed by atoms with van der Waals surface area (Å²) in [6, 6.07) is 18.1. The Bertz CT molecular complexity index is 1070. The van der Waals surface area contributed by atoms with Crippen molar-refractivity contribution in [3.63, 3.8) is 0 Å². The van der Waals surface area contributed by atoms with E-state index in [9.17, 15) is 9.59 Å². The maximum atomic E-state index is 13.2. The van der Waals surface area contributed by atoms with Gasteiger partial charge in [-0.15, -0.1) is 10.2 Å². The number of ketones is 2. The van der Waals surface area contributed by atoms with Crippen LogP contribution in [0.1, 0.15) is 32.4 Å². The van der Waals surface area contributed by atoms with Crippen molar-refractivity contribution in [1.29, 1.82) is 0 Å². The van der Waals surface area contributed by atoms with E-state index < -0.39 is 11.6 Å². The van der Waals surface area contributed by atoms with Crippen LogP contribution in [0.4, 0.5) is 0 Å². The van der Waals surface area contributed by atoms with Gasteiger partial charge in [0.1, 0.15) is 11.4 Å². The van der Waals surface area contributed by atoms with E-state index in [2.05, 4.69) is 20.6 Å². The van der Waals surface area contributed by atoms with Gasteiger partial charge in [-0.2, -0.15) is 0 Å². The highest BCUT2D eigenvalue weighted by Crippen LogP contribution is 2.27. The van der Waals surface area contributed by atoms with Gasteiger partial charge in [-0.05, 0) is 24.3 Å². The first-order valence-electron chi connectivity index (χ1n) is 7.87. The molecular weight excluding hydrogens is 332 g/mol. The molecule has 0 bridgehead atoms. The lowest BCUT2D eigenvalue weighted by Gasteiger charge is -2.12. The lowest BCUT2D eigenvalue weighted by atomic mass is 9.98. The minimum absolute atomic E-state index is 0.00790. The molecule has 0 spiro atoms. The zero-order valence-corrected chi connectivity index (χ0v) is 13.3. The Morgan fingerprint density at radius 3 is 1.42 bits per heavy atom. The lowest BCUT2D eigenvalue weighted by molar-refractivity contribution is 0.0966. The van der Waals surface area contributed by atoms with Crippen LogP contribution in [0.15, 0.2) is 60.7 Å². The van der Waals surface area contributed by atoms with Crippen molar-refractivity contribution >= 4 is 11.6 Å². The highest BCUT2D eigenvalue weighted by Gasteiger charge is 2.40. The van der Waals surface area contributed by atoms with Gasteiger partial charge >= 0.3 is 0 Å². The second-order valence-corrected chi connectivity index (χ2v) is 5.73. The summed E-state index contributed by atoms with van der Waals surface area (Å²) < 4.78 is 2.75. The Kier molecular flexibility index (Phi) is 2.93. The molecule has 2 heterocycles. The number of benzene rings is 2. The Balaban J connectivity index is 1.73. The molecule has 0 unspecified atom stereocenters. The molecule has 1 aliphatic rings. The summed E-state index contributed by atoms with van der Waals surface area (Å²) >= 11 is 0. The first-order chi connectivity index (χ1) is 12.8. The molecule has 0 radical (unpaired) electrons. The molecule has 2 aromatic carbocycles. The van der Waals surface area contributed by atoms with Crippen LogP contribution in [0.5, 0.6) is 0 Å². The summed E-state index contributed by atoms with van der Waals surface area (Å²) in [6.07, 6.45) is 0. The molecule has 0 aliphatic heterocycles. The van der Waals surface area contributed by atoms with E-state index in [4.69, 9.17) is 0 Å². The van der Waals surface area contributed by atoms with Gasteiger partial charge in [-0.25, -0.2) is 9.36 Å². The number of carbonyl (C=O) groups is 2. The fourth-order valence-corrected chi connectivity index (χ4v) is 3.00. The molecule has 8 heteroatoms. The van der Waals surface area contributed by atoms with E-state index in [1.807, 2.05) is 36.4 Å². The van der Waals surface area contributed by atoms with Crippen molar-refractivity contribution in [1.82, 2.24) is 30.0 Å². The predicted octanol–water partition coefficient (Wildman–Crippen LogP) is 1.62. The molecule has 0 fully saturated rings. The molecule has 0 amide bonds. The van der Waals surface area contributed by atoms with Gasteiger partial charge in [0, 0.05) is 0 Å². The number of aromatic nitrogens is 6. The van der Waals surface area contributed by atoms with E-state index in [0.29, 0.717) is 11.4 Å². The number of fused-ring (bicyclic) bond motifs is 2. The number of rotatable bonds is 2. The first-order valence-corrected chi connectivity index (χ1v) is 7.87. The average molecular weight is 342 g/mol. The van der Waals surface area contributed by atoms with Crippen molar-refractivity contribution in [2.24, 2.45) is 0 Å². The largest absolute Gasteiger partial charge is 0.285 e. The fraction of sp³-hybridized carbons (Fsp3) is 0. The van der Waals surface area contributed by atoms with Crippen LogP contribution >= 0.6 is 0 Å². The number of carbonyl (C=O) groups excluding carboxylic acids is 2. The highest BCUT2D eigenvalue weighted by atomic mass is 16.1. The van der Waals surface area contributed by atoms with Crippen LogP contribution in [-0.2, 0) is 0 Å². The van der Waals surface area contributed by atoms with Crippen molar-refractivity contribution in [2.75, 3.05) is 0 Å². The van der Waals surface area contributed by atoms with Gasteiger partial charge in [0.15, 0.2) is 11.4 Å². The summed E-state index contributed by atoms with van der Waals surface area (Å²) in [4.78, 5) is 26.0. The Hall–Kier alpha value is -3.94. The van der Waals surface area contributed by atoms with Crippen molar-refractivity contribution < 1.29 is 9.59 Å². The predicted molar refractivity (Wildman–Crippen MR) is 89.6 cm³/mol. The average Bonchev–Trinajstić information content (AvgIpc) is 3.33. The molecule has 124 valence electrons. The third-order valence-electron chi connectivity index (χ3n) is 4.20. The molecular formula is C18H10N6O2. The lowest BCUT2D eigenvalue weighted by Crippen LogP contribution is -2.25. The van der Waals surface area contributed by atoms with Gasteiger partial charge in [0.25, 0.3) is 0 Å². The van der Waals surface area contributed by atoms with Gasteiger partial charge < -0.3 is 0 Å². The zero-order valence-electron chi connectivity index (χ0n) is 13.3. The quantitative estimate of drug-likeness (QED) is 0.484. The Morgan fingerprint density at radius 2 is 1.00 bits per heavy atom. The maximum Gasteiger partial charge on any atom is 0.238 e. The molecule has 2 aromatic heterocycles. The molecule has 5 rings (SSSR count). The molecule has 1 aliphatic carbocycles. The van der Waals surface area contributed by atoms with Crippen LogP contribution in [0.3, 0.4) is 0 Å². The summed E-state index contributed by atoms with van der Waals surface area (Å²) in [5, 5.41) is 15.8. The van der Waals surface area contributed by atoms with Gasteiger partial charge in [0.05, 0.1) is 11.4 Å². The van der Waals surface area contributed by atoms with Crippen LogP contribution in [0.25, 0.3) is 11.4 Å². The van der Waals surface area contributed by atoms with Crippen LogP contribution in [0.2, 0.25) is 0 Å². The summed E-state index contributed by atoms with van der Waals surface area (Å²) in [6.45, 7) is 0. The van der Waals surface area contributed by atoms with E-state index in [1.54, 1.807) is 24.3 Å². The third kappa shape index (κ3) is 1.89. The molecule has 0 saturated heterocycles. The minimum atomic E-state index is -0.459. The number of nitrogens with zero attached hydrogens (tertiary/aromatic N) is 6. The van der Waals surface area contributed by atoms with Crippen molar-refractivity contribution in [3.8, 4) is 11.4 Å². The second kappa shape index (κ2) is 5.28. The third-order valence-corrected chi connectivity index (χ3v) is 4.20. The monoisotopic (exact) mass is 342 g/mol. The molecule has 0 atom stereocenters. The number of hydrogen-bond donors (Lipinski definition) is 0. The topological polar surface area (TPSA) is 95.6 Å². The fourth-order valence-electron chi connectivity index (χ4n) is 3.00. The molecule has 0 saturated carbocycles. The van der Waals surface area contributed by atoms with Crippen molar-refractivity contribution in [3.05, 3.63) is 83.4 Å². The highest BCUT2D eigenvalue weighted by molar-refractivity contribution is 6.25. The van der Waals surface area contributed by atoms with E-state index in [-0.39, 0.29) is 22.8 Å². The smallest absolute Gasteiger partial charge is 0.238 e. The van der Waals surface area contributed by atoms with Crippen LogP contribution < -0.4 is 0 Å².